The zero-order chi connectivity index (χ0) is 13.8. The molecule has 0 saturated carbocycles. The third-order valence-corrected chi connectivity index (χ3v) is 2.94. The highest BCUT2D eigenvalue weighted by Gasteiger charge is 2.09. The molecule has 3 nitrogen and oxygen atoms in total. The summed E-state index contributed by atoms with van der Waals surface area (Å²) < 4.78 is 10.4. The van der Waals surface area contributed by atoms with Crippen molar-refractivity contribution in [2.75, 3.05) is 7.11 Å². The van der Waals surface area contributed by atoms with E-state index in [2.05, 4.69) is 4.74 Å². The normalized spacial score (nSPS) is 11.4. The molecule has 0 unspecified atom stereocenters. The van der Waals surface area contributed by atoms with E-state index in [0.29, 0.717) is 5.76 Å². The smallest absolute Gasteiger partial charge is 0.330 e. The standard InChI is InChI=1S/C16H16O3/c1-11-6-4-5-7-13(11)15-9-8-14(19-15)12(2)10-16(17)18-3/h4-10H,1-3H3/b12-10+. The van der Waals surface area contributed by atoms with Crippen LogP contribution in [0.3, 0.4) is 0 Å². The van der Waals surface area contributed by atoms with Crippen molar-refractivity contribution in [1.82, 2.24) is 0 Å². The van der Waals surface area contributed by atoms with Crippen LogP contribution < -0.4 is 0 Å². The summed E-state index contributed by atoms with van der Waals surface area (Å²) in [6, 6.07) is 11.8. The first kappa shape index (κ1) is 13.1. The molecule has 0 saturated heterocycles. The Kier molecular flexibility index (Phi) is 3.85. The van der Waals surface area contributed by atoms with Crippen LogP contribution in [0.5, 0.6) is 0 Å². The van der Waals surface area contributed by atoms with Gasteiger partial charge in [-0.2, -0.15) is 0 Å². The molecule has 2 rings (SSSR count). The number of methoxy groups -OCH3 is 1. The van der Waals surface area contributed by atoms with Gasteiger partial charge in [-0.3, -0.25) is 0 Å². The molecule has 0 fully saturated rings. The Labute approximate surface area is 112 Å². The summed E-state index contributed by atoms with van der Waals surface area (Å²) in [6.07, 6.45) is 1.42. The molecule has 19 heavy (non-hydrogen) atoms. The van der Waals surface area contributed by atoms with Crippen LogP contribution in [0.4, 0.5) is 0 Å². The molecule has 0 radical (unpaired) electrons. The molecule has 3 heteroatoms. The summed E-state index contributed by atoms with van der Waals surface area (Å²) in [5.41, 5.74) is 2.95. The van der Waals surface area contributed by atoms with Crippen LogP contribution in [-0.4, -0.2) is 13.1 Å². The Bertz CT molecular complexity index is 620. The van der Waals surface area contributed by atoms with Gasteiger partial charge in [0.25, 0.3) is 0 Å². The lowest BCUT2D eigenvalue weighted by atomic mass is 10.1. The number of rotatable bonds is 3. The van der Waals surface area contributed by atoms with Crippen molar-refractivity contribution in [3.8, 4) is 11.3 Å². The van der Waals surface area contributed by atoms with Gasteiger partial charge in [0, 0.05) is 11.6 Å². The minimum absolute atomic E-state index is 0.383. The maximum absolute atomic E-state index is 11.2. The van der Waals surface area contributed by atoms with Gasteiger partial charge in [0.1, 0.15) is 11.5 Å². The van der Waals surface area contributed by atoms with Crippen molar-refractivity contribution in [2.24, 2.45) is 0 Å². The molecular formula is C16H16O3. The molecular weight excluding hydrogens is 240 g/mol. The number of hydrogen-bond acceptors (Lipinski definition) is 3. The van der Waals surface area contributed by atoms with Crippen LogP contribution in [-0.2, 0) is 9.53 Å². The van der Waals surface area contributed by atoms with E-state index in [1.165, 1.54) is 13.2 Å². The third-order valence-electron chi connectivity index (χ3n) is 2.94. The van der Waals surface area contributed by atoms with E-state index in [-0.39, 0.29) is 5.97 Å². The lowest BCUT2D eigenvalue weighted by Gasteiger charge is -2.01. The second-order valence-electron chi connectivity index (χ2n) is 4.33. The number of aryl methyl sites for hydroxylation is 1. The molecule has 2 aromatic rings. The predicted molar refractivity (Wildman–Crippen MR) is 74.5 cm³/mol. The van der Waals surface area contributed by atoms with E-state index in [1.807, 2.05) is 50.2 Å². The Morgan fingerprint density at radius 1 is 1.21 bits per heavy atom. The number of ether oxygens (including phenoxy) is 1. The fourth-order valence-electron chi connectivity index (χ4n) is 1.85. The van der Waals surface area contributed by atoms with Gasteiger partial charge in [-0.25, -0.2) is 4.79 Å². The van der Waals surface area contributed by atoms with Crippen LogP contribution in [0.25, 0.3) is 16.9 Å². The van der Waals surface area contributed by atoms with Gasteiger partial charge in [0.05, 0.1) is 7.11 Å². The lowest BCUT2D eigenvalue weighted by Crippen LogP contribution is -1.95. The zero-order valence-corrected chi connectivity index (χ0v) is 11.3. The van der Waals surface area contributed by atoms with E-state index >= 15 is 0 Å². The molecule has 1 aromatic carbocycles. The molecule has 0 bridgehead atoms. The summed E-state index contributed by atoms with van der Waals surface area (Å²) >= 11 is 0. The number of allylic oxidation sites excluding steroid dienone is 1. The Balaban J connectivity index is 2.32. The van der Waals surface area contributed by atoms with E-state index in [1.54, 1.807) is 0 Å². The number of carbonyl (C=O) groups is 1. The van der Waals surface area contributed by atoms with Gasteiger partial charge >= 0.3 is 5.97 Å². The number of hydrogen-bond donors (Lipinski definition) is 0. The van der Waals surface area contributed by atoms with Gasteiger partial charge in [0.2, 0.25) is 0 Å². The van der Waals surface area contributed by atoms with Crippen molar-refractivity contribution in [3.63, 3.8) is 0 Å². The Morgan fingerprint density at radius 2 is 1.95 bits per heavy atom. The van der Waals surface area contributed by atoms with Gasteiger partial charge in [-0.1, -0.05) is 24.3 Å². The summed E-state index contributed by atoms with van der Waals surface area (Å²) in [6.45, 7) is 3.85. The van der Waals surface area contributed by atoms with E-state index in [0.717, 1.165) is 22.5 Å². The highest BCUT2D eigenvalue weighted by Crippen LogP contribution is 2.27. The lowest BCUT2D eigenvalue weighted by molar-refractivity contribution is -0.134. The first-order chi connectivity index (χ1) is 9.11. The largest absolute Gasteiger partial charge is 0.466 e. The highest BCUT2D eigenvalue weighted by atomic mass is 16.5. The monoisotopic (exact) mass is 256 g/mol. The molecule has 1 aromatic heterocycles. The second-order valence-corrected chi connectivity index (χ2v) is 4.33. The van der Waals surface area contributed by atoms with Crippen molar-refractivity contribution < 1.29 is 13.9 Å². The molecule has 0 amide bonds. The topological polar surface area (TPSA) is 39.4 Å². The Morgan fingerprint density at radius 3 is 2.63 bits per heavy atom. The maximum Gasteiger partial charge on any atom is 0.330 e. The van der Waals surface area contributed by atoms with Gasteiger partial charge < -0.3 is 9.15 Å². The number of benzene rings is 1. The fourth-order valence-corrected chi connectivity index (χ4v) is 1.85. The average molecular weight is 256 g/mol. The van der Waals surface area contributed by atoms with E-state index in [4.69, 9.17) is 4.42 Å². The van der Waals surface area contributed by atoms with Gasteiger partial charge in [-0.05, 0) is 37.1 Å². The SMILES string of the molecule is COC(=O)/C=C(\C)c1ccc(-c2ccccc2C)o1. The molecule has 0 N–H and O–H groups in total. The molecule has 0 aliphatic heterocycles. The molecule has 0 atom stereocenters. The van der Waals surface area contributed by atoms with Gasteiger partial charge in [-0.15, -0.1) is 0 Å². The second kappa shape index (κ2) is 5.57. The summed E-state index contributed by atoms with van der Waals surface area (Å²) in [4.78, 5) is 11.2. The number of carbonyl (C=O) groups excluding carboxylic acids is 1. The minimum atomic E-state index is -0.383. The fraction of sp³-hybridized carbons (Fsp3) is 0.188. The van der Waals surface area contributed by atoms with E-state index < -0.39 is 0 Å². The predicted octanol–water partition coefficient (Wildman–Crippen LogP) is 3.83. The van der Waals surface area contributed by atoms with Crippen molar-refractivity contribution in [3.05, 3.63) is 53.8 Å². The zero-order valence-electron chi connectivity index (χ0n) is 11.3. The van der Waals surface area contributed by atoms with Crippen LogP contribution in [0.1, 0.15) is 18.2 Å². The van der Waals surface area contributed by atoms with Gasteiger partial charge in [0.15, 0.2) is 0 Å². The summed E-state index contributed by atoms with van der Waals surface area (Å²) in [5.74, 6) is 1.08. The summed E-state index contributed by atoms with van der Waals surface area (Å²) in [7, 11) is 1.35. The first-order valence-electron chi connectivity index (χ1n) is 6.04. The van der Waals surface area contributed by atoms with Crippen molar-refractivity contribution in [1.29, 1.82) is 0 Å². The third kappa shape index (κ3) is 2.94. The maximum atomic E-state index is 11.2. The summed E-state index contributed by atoms with van der Waals surface area (Å²) in [5, 5.41) is 0. The van der Waals surface area contributed by atoms with Crippen LogP contribution in [0.2, 0.25) is 0 Å². The molecule has 1 heterocycles. The molecule has 98 valence electrons. The highest BCUT2D eigenvalue weighted by molar-refractivity contribution is 5.90. The molecule has 0 aliphatic rings. The molecule has 0 spiro atoms. The minimum Gasteiger partial charge on any atom is -0.466 e. The van der Waals surface area contributed by atoms with E-state index in [9.17, 15) is 4.79 Å². The number of esters is 1. The average Bonchev–Trinajstić information content (AvgIpc) is 2.88. The van der Waals surface area contributed by atoms with Crippen LogP contribution in [0.15, 0.2) is 46.9 Å². The first-order valence-corrected chi connectivity index (χ1v) is 6.04. The molecule has 0 aliphatic carbocycles. The number of furan rings is 1. The Hall–Kier alpha value is -2.29. The van der Waals surface area contributed by atoms with Crippen LogP contribution in [0, 0.1) is 6.92 Å². The van der Waals surface area contributed by atoms with Crippen molar-refractivity contribution in [2.45, 2.75) is 13.8 Å². The quantitative estimate of drug-likeness (QED) is 0.619. The van der Waals surface area contributed by atoms with Crippen molar-refractivity contribution >= 4 is 11.5 Å². The van der Waals surface area contributed by atoms with Crippen LogP contribution >= 0.6 is 0 Å².